The zero-order valence-corrected chi connectivity index (χ0v) is 16.1. The molecule has 0 radical (unpaired) electrons. The number of carbonyl (C=O) groups excluding carboxylic acids is 1. The first-order valence-electron chi connectivity index (χ1n) is 8.98. The lowest BCUT2D eigenvalue weighted by molar-refractivity contribution is -0.128. The monoisotopic (exact) mass is 388 g/mol. The van der Waals surface area contributed by atoms with Crippen LogP contribution in [0, 0.1) is 0 Å². The summed E-state index contributed by atoms with van der Waals surface area (Å²) in [5, 5.41) is 0. The van der Waals surface area contributed by atoms with Crippen molar-refractivity contribution in [1.29, 1.82) is 0 Å². The summed E-state index contributed by atoms with van der Waals surface area (Å²) in [6.45, 7) is 3.09. The predicted molar refractivity (Wildman–Crippen MR) is 105 cm³/mol. The molecule has 2 unspecified atom stereocenters. The Morgan fingerprint density at radius 1 is 0.731 bits per heavy atom. The lowest BCUT2D eigenvalue weighted by atomic mass is 10.1. The SMILES string of the molecule is O=C(C(CCl)N1Cc2ccccc2C1)C(CCl)N1Cc2ccccc2C1. The van der Waals surface area contributed by atoms with E-state index in [9.17, 15) is 4.79 Å². The van der Waals surface area contributed by atoms with Gasteiger partial charge in [-0.3, -0.25) is 14.6 Å². The maximum atomic E-state index is 13.3. The van der Waals surface area contributed by atoms with E-state index >= 15 is 0 Å². The molecule has 0 spiro atoms. The number of carbonyl (C=O) groups is 1. The maximum absolute atomic E-state index is 13.3. The standard InChI is InChI=1S/C21H22Cl2N2O/c22-9-19(24-11-15-5-1-2-6-16(15)12-24)21(26)20(10-23)25-13-17-7-3-4-8-18(17)14-25/h1-8,19-20H,9-14H2. The highest BCUT2D eigenvalue weighted by molar-refractivity contribution is 6.22. The van der Waals surface area contributed by atoms with Crippen LogP contribution >= 0.6 is 23.2 Å². The molecule has 2 aliphatic rings. The average molecular weight is 389 g/mol. The zero-order valence-electron chi connectivity index (χ0n) is 14.6. The third-order valence-electron chi connectivity index (χ3n) is 5.56. The topological polar surface area (TPSA) is 23.6 Å². The minimum absolute atomic E-state index is 0.135. The third-order valence-corrected chi connectivity index (χ3v) is 6.15. The van der Waals surface area contributed by atoms with Gasteiger partial charge in [0.1, 0.15) is 0 Å². The summed E-state index contributed by atoms with van der Waals surface area (Å²) in [7, 11) is 0. The number of fused-ring (bicyclic) bond motifs is 2. The molecule has 26 heavy (non-hydrogen) atoms. The molecule has 0 aromatic heterocycles. The van der Waals surface area contributed by atoms with Crippen LogP contribution in [0.4, 0.5) is 0 Å². The molecule has 2 heterocycles. The molecule has 3 nitrogen and oxygen atoms in total. The van der Waals surface area contributed by atoms with Crippen LogP contribution < -0.4 is 0 Å². The number of Topliss-reactive ketones (excluding diaryl/α,β-unsaturated/α-hetero) is 1. The molecule has 0 bridgehead atoms. The van der Waals surface area contributed by atoms with Gasteiger partial charge in [0.25, 0.3) is 0 Å². The second kappa shape index (κ2) is 7.69. The molecule has 2 aliphatic heterocycles. The molecule has 0 N–H and O–H groups in total. The van der Waals surface area contributed by atoms with E-state index in [2.05, 4.69) is 34.1 Å². The Balaban J connectivity index is 1.50. The Morgan fingerprint density at radius 3 is 1.31 bits per heavy atom. The second-order valence-corrected chi connectivity index (χ2v) is 7.71. The third kappa shape index (κ3) is 3.29. The lowest BCUT2D eigenvalue weighted by Gasteiger charge is -2.31. The van der Waals surface area contributed by atoms with Crippen LogP contribution in [0.1, 0.15) is 22.3 Å². The molecule has 2 aromatic carbocycles. The van der Waals surface area contributed by atoms with Crippen LogP contribution in [0.15, 0.2) is 48.5 Å². The van der Waals surface area contributed by atoms with Gasteiger partial charge in [-0.15, -0.1) is 23.2 Å². The van der Waals surface area contributed by atoms with Gasteiger partial charge in [0.2, 0.25) is 0 Å². The largest absolute Gasteiger partial charge is 0.296 e. The number of hydrogen-bond donors (Lipinski definition) is 0. The molecular formula is C21H22Cl2N2O. The number of ketones is 1. The van der Waals surface area contributed by atoms with E-state index in [4.69, 9.17) is 23.2 Å². The van der Waals surface area contributed by atoms with E-state index in [-0.39, 0.29) is 17.9 Å². The van der Waals surface area contributed by atoms with Crippen molar-refractivity contribution in [3.63, 3.8) is 0 Å². The number of alkyl halides is 2. The van der Waals surface area contributed by atoms with Gasteiger partial charge in [-0.2, -0.15) is 0 Å². The van der Waals surface area contributed by atoms with E-state index in [1.54, 1.807) is 0 Å². The lowest BCUT2D eigenvalue weighted by Crippen LogP contribution is -2.50. The molecule has 4 rings (SSSR count). The smallest absolute Gasteiger partial charge is 0.169 e. The first-order chi connectivity index (χ1) is 12.7. The number of hydrogen-bond acceptors (Lipinski definition) is 3. The summed E-state index contributed by atoms with van der Waals surface area (Å²) >= 11 is 12.5. The van der Waals surface area contributed by atoms with Gasteiger partial charge in [0.15, 0.2) is 5.78 Å². The molecule has 0 fully saturated rings. The van der Waals surface area contributed by atoms with Gasteiger partial charge in [-0.1, -0.05) is 48.5 Å². The van der Waals surface area contributed by atoms with Gasteiger partial charge in [0.05, 0.1) is 12.1 Å². The van der Waals surface area contributed by atoms with Crippen molar-refractivity contribution in [1.82, 2.24) is 9.80 Å². The van der Waals surface area contributed by atoms with E-state index < -0.39 is 0 Å². The van der Waals surface area contributed by atoms with Crippen molar-refractivity contribution >= 4 is 29.0 Å². The van der Waals surface area contributed by atoms with Gasteiger partial charge < -0.3 is 0 Å². The van der Waals surface area contributed by atoms with Gasteiger partial charge in [-0.05, 0) is 22.3 Å². The van der Waals surface area contributed by atoms with Crippen LogP contribution in [-0.4, -0.2) is 39.4 Å². The number of halogens is 2. The Labute approximate surface area is 164 Å². The van der Waals surface area contributed by atoms with Crippen LogP contribution in [0.2, 0.25) is 0 Å². The van der Waals surface area contributed by atoms with Crippen LogP contribution in [-0.2, 0) is 31.0 Å². The van der Waals surface area contributed by atoms with E-state index in [0.717, 1.165) is 26.2 Å². The molecule has 136 valence electrons. The van der Waals surface area contributed by atoms with E-state index in [1.165, 1.54) is 22.3 Å². The summed E-state index contributed by atoms with van der Waals surface area (Å²) in [4.78, 5) is 17.7. The summed E-state index contributed by atoms with van der Waals surface area (Å²) in [6.07, 6.45) is 0. The molecular weight excluding hydrogens is 367 g/mol. The fourth-order valence-corrected chi connectivity index (χ4v) is 4.78. The second-order valence-electron chi connectivity index (χ2n) is 7.09. The van der Waals surface area contributed by atoms with Crippen LogP contribution in [0.3, 0.4) is 0 Å². The van der Waals surface area contributed by atoms with Crippen LogP contribution in [0.25, 0.3) is 0 Å². The number of rotatable bonds is 6. The summed E-state index contributed by atoms with van der Waals surface area (Å²) in [6, 6.07) is 16.1. The fourth-order valence-electron chi connectivity index (χ4n) is 4.09. The summed E-state index contributed by atoms with van der Waals surface area (Å²) in [5.41, 5.74) is 5.13. The molecule has 0 saturated carbocycles. The van der Waals surface area contributed by atoms with E-state index in [0.29, 0.717) is 11.8 Å². The molecule has 0 aliphatic carbocycles. The fraction of sp³-hybridized carbons (Fsp3) is 0.381. The molecule has 2 atom stereocenters. The Hall–Kier alpha value is -1.39. The highest BCUT2D eigenvalue weighted by atomic mass is 35.5. The van der Waals surface area contributed by atoms with Gasteiger partial charge >= 0.3 is 0 Å². The Kier molecular flexibility index (Phi) is 5.32. The highest BCUT2D eigenvalue weighted by Crippen LogP contribution is 2.29. The van der Waals surface area contributed by atoms with Gasteiger partial charge in [0, 0.05) is 37.9 Å². The molecule has 2 aromatic rings. The molecule has 5 heteroatoms. The van der Waals surface area contributed by atoms with Crippen molar-refractivity contribution in [3.05, 3.63) is 70.8 Å². The minimum Gasteiger partial charge on any atom is -0.296 e. The van der Waals surface area contributed by atoms with Crippen molar-refractivity contribution in [2.45, 2.75) is 38.3 Å². The normalized spacial score (nSPS) is 19.2. The van der Waals surface area contributed by atoms with Crippen molar-refractivity contribution in [2.24, 2.45) is 0 Å². The minimum atomic E-state index is -0.309. The average Bonchev–Trinajstić information content (AvgIpc) is 3.26. The first kappa shape index (κ1) is 18.0. The van der Waals surface area contributed by atoms with Crippen molar-refractivity contribution in [3.8, 4) is 0 Å². The van der Waals surface area contributed by atoms with Crippen molar-refractivity contribution in [2.75, 3.05) is 11.8 Å². The van der Waals surface area contributed by atoms with Gasteiger partial charge in [-0.25, -0.2) is 0 Å². The van der Waals surface area contributed by atoms with Crippen molar-refractivity contribution < 1.29 is 4.79 Å². The number of benzene rings is 2. The Morgan fingerprint density at radius 2 is 1.04 bits per heavy atom. The summed E-state index contributed by atoms with van der Waals surface area (Å²) < 4.78 is 0. The van der Waals surface area contributed by atoms with Crippen LogP contribution in [0.5, 0.6) is 0 Å². The maximum Gasteiger partial charge on any atom is 0.169 e. The molecule has 0 amide bonds. The summed E-state index contributed by atoms with van der Waals surface area (Å²) in [5.74, 6) is 0.720. The first-order valence-corrected chi connectivity index (χ1v) is 10.1. The molecule has 0 saturated heterocycles. The number of nitrogens with zero attached hydrogens (tertiary/aromatic N) is 2. The quantitative estimate of drug-likeness (QED) is 0.703. The highest BCUT2D eigenvalue weighted by Gasteiger charge is 2.37. The zero-order chi connectivity index (χ0) is 18.1. The predicted octanol–water partition coefficient (Wildman–Crippen LogP) is 3.80. The Bertz CT molecular complexity index is 695. The van der Waals surface area contributed by atoms with E-state index in [1.807, 2.05) is 24.3 Å².